The number of fused-ring (bicyclic) bond motifs is 3. The van der Waals surface area contributed by atoms with Gasteiger partial charge in [0.15, 0.2) is 0 Å². The Kier molecular flexibility index (Phi) is 2.93. The molecule has 0 unspecified atom stereocenters. The molecule has 0 aliphatic carbocycles. The number of para-hydroxylation sites is 1. The fourth-order valence-electron chi connectivity index (χ4n) is 2.81. The summed E-state index contributed by atoms with van der Waals surface area (Å²) < 4.78 is 1.44. The number of aromatic nitrogens is 4. The van der Waals surface area contributed by atoms with Gasteiger partial charge in [0.1, 0.15) is 12.9 Å². The molecule has 1 aliphatic rings. The fraction of sp³-hybridized carbons (Fsp3) is 0.125. The number of amides is 1. The molecule has 0 atom stereocenters. The average molecular weight is 291 g/mol. The number of benzene rings is 2. The van der Waals surface area contributed by atoms with Crippen molar-refractivity contribution in [1.29, 1.82) is 0 Å². The minimum Gasteiger partial charge on any atom is -0.306 e. The zero-order valence-corrected chi connectivity index (χ0v) is 11.8. The lowest BCUT2D eigenvalue weighted by molar-refractivity contribution is -0.119. The van der Waals surface area contributed by atoms with Crippen molar-refractivity contribution >= 4 is 11.6 Å². The Bertz CT molecular complexity index is 828. The van der Waals surface area contributed by atoms with Crippen molar-refractivity contribution in [2.75, 3.05) is 4.90 Å². The summed E-state index contributed by atoms with van der Waals surface area (Å²) in [5, 5.41) is 10.9. The van der Waals surface area contributed by atoms with Gasteiger partial charge in [0, 0.05) is 5.56 Å². The van der Waals surface area contributed by atoms with E-state index in [1.54, 1.807) is 4.90 Å². The highest BCUT2D eigenvalue weighted by Crippen LogP contribution is 2.38. The van der Waals surface area contributed by atoms with Crippen LogP contribution in [0, 0.1) is 0 Å². The van der Waals surface area contributed by atoms with Crippen LogP contribution in [0.3, 0.4) is 0 Å². The van der Waals surface area contributed by atoms with Gasteiger partial charge in [-0.2, -0.15) is 0 Å². The molecule has 1 aromatic heterocycles. The van der Waals surface area contributed by atoms with E-state index < -0.39 is 0 Å². The van der Waals surface area contributed by atoms with E-state index in [1.807, 2.05) is 36.4 Å². The number of tetrazole rings is 1. The van der Waals surface area contributed by atoms with Crippen molar-refractivity contribution in [2.45, 2.75) is 13.1 Å². The van der Waals surface area contributed by atoms with Crippen molar-refractivity contribution in [3.05, 3.63) is 60.4 Å². The number of carbonyl (C=O) groups is 1. The average Bonchev–Trinajstić information content (AvgIpc) is 3.07. The van der Waals surface area contributed by atoms with Crippen LogP contribution in [0.4, 0.5) is 5.69 Å². The van der Waals surface area contributed by atoms with Gasteiger partial charge in [-0.3, -0.25) is 4.79 Å². The lowest BCUT2D eigenvalue weighted by Crippen LogP contribution is -2.35. The van der Waals surface area contributed by atoms with Gasteiger partial charge in [0.25, 0.3) is 0 Å². The van der Waals surface area contributed by atoms with Crippen LogP contribution < -0.4 is 4.90 Å². The Morgan fingerprint density at radius 2 is 1.82 bits per heavy atom. The molecule has 0 fully saturated rings. The molecule has 22 heavy (non-hydrogen) atoms. The topological polar surface area (TPSA) is 63.9 Å². The number of rotatable bonds is 2. The minimum atomic E-state index is -0.0331. The van der Waals surface area contributed by atoms with Gasteiger partial charge < -0.3 is 4.90 Å². The van der Waals surface area contributed by atoms with Gasteiger partial charge in [0.2, 0.25) is 5.91 Å². The van der Waals surface area contributed by atoms with Gasteiger partial charge in [-0.05, 0) is 27.6 Å². The number of hydrogen-bond acceptors (Lipinski definition) is 4. The van der Waals surface area contributed by atoms with Crippen molar-refractivity contribution in [1.82, 2.24) is 20.2 Å². The Morgan fingerprint density at radius 1 is 1.05 bits per heavy atom. The summed E-state index contributed by atoms with van der Waals surface area (Å²) in [7, 11) is 0. The summed E-state index contributed by atoms with van der Waals surface area (Å²) in [6.07, 6.45) is 1.45. The maximum absolute atomic E-state index is 12.6. The van der Waals surface area contributed by atoms with Crippen LogP contribution in [0.5, 0.6) is 0 Å². The molecule has 1 aliphatic heterocycles. The zero-order chi connectivity index (χ0) is 14.9. The molecule has 0 N–H and O–H groups in total. The Hall–Kier alpha value is -3.02. The van der Waals surface area contributed by atoms with Gasteiger partial charge in [-0.25, -0.2) is 4.68 Å². The second-order valence-corrected chi connectivity index (χ2v) is 5.16. The van der Waals surface area contributed by atoms with Crippen LogP contribution in [-0.4, -0.2) is 26.1 Å². The predicted octanol–water partition coefficient (Wildman–Crippen LogP) is 1.89. The first-order chi connectivity index (χ1) is 10.8. The summed E-state index contributed by atoms with van der Waals surface area (Å²) in [5.74, 6) is -0.0331. The quantitative estimate of drug-likeness (QED) is 0.723. The summed E-state index contributed by atoms with van der Waals surface area (Å²) in [4.78, 5) is 14.4. The Morgan fingerprint density at radius 3 is 2.64 bits per heavy atom. The highest BCUT2D eigenvalue weighted by molar-refractivity contribution is 5.99. The molecule has 3 aromatic rings. The molecule has 0 spiro atoms. The molecule has 0 saturated carbocycles. The monoisotopic (exact) mass is 291 g/mol. The molecule has 108 valence electrons. The molecule has 6 nitrogen and oxygen atoms in total. The van der Waals surface area contributed by atoms with E-state index in [1.165, 1.54) is 16.6 Å². The van der Waals surface area contributed by atoms with Crippen molar-refractivity contribution in [3.63, 3.8) is 0 Å². The maximum atomic E-state index is 12.6. The molecule has 2 heterocycles. The summed E-state index contributed by atoms with van der Waals surface area (Å²) in [5.41, 5.74) is 4.34. The zero-order valence-electron chi connectivity index (χ0n) is 11.8. The highest BCUT2D eigenvalue weighted by atomic mass is 16.2. The van der Waals surface area contributed by atoms with Crippen LogP contribution in [0.2, 0.25) is 0 Å². The van der Waals surface area contributed by atoms with Crippen LogP contribution >= 0.6 is 0 Å². The lowest BCUT2D eigenvalue weighted by Gasteiger charge is -2.31. The molecule has 4 rings (SSSR count). The number of hydrogen-bond donors (Lipinski definition) is 0. The smallest absolute Gasteiger partial charge is 0.249 e. The number of nitrogens with zero attached hydrogens (tertiary/aromatic N) is 5. The Balaban J connectivity index is 1.74. The van der Waals surface area contributed by atoms with Crippen molar-refractivity contribution in [3.8, 4) is 11.1 Å². The molecule has 0 saturated heterocycles. The first-order valence-corrected chi connectivity index (χ1v) is 7.01. The standard InChI is InChI=1S/C16H13N5O/c22-16(10-20-11-17-18-19-20)21-9-12-5-1-2-6-13(12)14-7-3-4-8-15(14)21/h1-8,11H,9-10H2. The molecule has 0 bridgehead atoms. The van der Waals surface area contributed by atoms with E-state index >= 15 is 0 Å². The largest absolute Gasteiger partial charge is 0.306 e. The van der Waals surface area contributed by atoms with E-state index in [-0.39, 0.29) is 12.5 Å². The Labute approximate surface area is 127 Å². The summed E-state index contributed by atoms with van der Waals surface area (Å²) in [6, 6.07) is 16.1. The molecule has 1 amide bonds. The predicted molar refractivity (Wildman–Crippen MR) is 80.9 cm³/mol. The van der Waals surface area contributed by atoms with Gasteiger partial charge in [-0.15, -0.1) is 5.10 Å². The summed E-state index contributed by atoms with van der Waals surface area (Å²) >= 11 is 0. The van der Waals surface area contributed by atoms with E-state index in [9.17, 15) is 4.79 Å². The van der Waals surface area contributed by atoms with Crippen molar-refractivity contribution in [2.24, 2.45) is 0 Å². The minimum absolute atomic E-state index is 0.0331. The second kappa shape index (κ2) is 5.07. The highest BCUT2D eigenvalue weighted by Gasteiger charge is 2.26. The molecule has 0 radical (unpaired) electrons. The molecular formula is C16H13N5O. The third-order valence-electron chi connectivity index (χ3n) is 3.82. The first kappa shape index (κ1) is 12.7. The first-order valence-electron chi connectivity index (χ1n) is 7.01. The second-order valence-electron chi connectivity index (χ2n) is 5.16. The lowest BCUT2D eigenvalue weighted by atomic mass is 9.93. The number of anilines is 1. The third-order valence-corrected chi connectivity index (χ3v) is 3.82. The number of carbonyl (C=O) groups excluding carboxylic acids is 1. The van der Waals surface area contributed by atoms with Crippen LogP contribution in [-0.2, 0) is 17.9 Å². The van der Waals surface area contributed by atoms with Crippen LogP contribution in [0.1, 0.15) is 5.56 Å². The van der Waals surface area contributed by atoms with E-state index in [0.717, 1.165) is 16.8 Å². The van der Waals surface area contributed by atoms with Crippen molar-refractivity contribution < 1.29 is 4.79 Å². The van der Waals surface area contributed by atoms with E-state index in [0.29, 0.717) is 6.54 Å². The van der Waals surface area contributed by atoms with Gasteiger partial charge in [0.05, 0.1) is 12.2 Å². The van der Waals surface area contributed by atoms with E-state index in [4.69, 9.17) is 0 Å². The molecular weight excluding hydrogens is 278 g/mol. The van der Waals surface area contributed by atoms with E-state index in [2.05, 4.69) is 27.7 Å². The van der Waals surface area contributed by atoms with Crippen LogP contribution in [0.15, 0.2) is 54.9 Å². The van der Waals surface area contributed by atoms with Gasteiger partial charge in [-0.1, -0.05) is 42.5 Å². The van der Waals surface area contributed by atoms with Gasteiger partial charge >= 0.3 is 0 Å². The van der Waals surface area contributed by atoms with Crippen LogP contribution in [0.25, 0.3) is 11.1 Å². The maximum Gasteiger partial charge on any atom is 0.249 e. The normalized spacial score (nSPS) is 12.6. The summed E-state index contributed by atoms with van der Waals surface area (Å²) in [6.45, 7) is 0.692. The SMILES string of the molecule is O=C(Cn1cnnn1)N1Cc2ccccc2-c2ccccc21. The third kappa shape index (κ3) is 2.05. The molecule has 2 aromatic carbocycles. The fourth-order valence-corrected chi connectivity index (χ4v) is 2.81. The molecule has 6 heteroatoms.